The zero-order valence-corrected chi connectivity index (χ0v) is 7.72. The molecule has 0 fully saturated rings. The highest BCUT2D eigenvalue weighted by Gasteiger charge is 2.16. The van der Waals surface area contributed by atoms with E-state index >= 15 is 0 Å². The summed E-state index contributed by atoms with van der Waals surface area (Å²) in [5, 5.41) is 22.3. The van der Waals surface area contributed by atoms with Gasteiger partial charge in [0.1, 0.15) is 6.04 Å². The molecule has 0 saturated carbocycles. The highest BCUT2D eigenvalue weighted by molar-refractivity contribution is 7.46. The Hall–Kier alpha value is -0.500. The molecular weight excluding hydrogens is 203 g/mol. The molecule has 0 rings (SSSR count). The summed E-state index contributed by atoms with van der Waals surface area (Å²) in [7, 11) is -4.14. The van der Waals surface area contributed by atoms with Gasteiger partial charge in [-0.2, -0.15) is 0 Å². The lowest BCUT2D eigenvalue weighted by Gasteiger charge is -2.06. The van der Waals surface area contributed by atoms with Gasteiger partial charge in [0.15, 0.2) is 0 Å². The van der Waals surface area contributed by atoms with Crippen molar-refractivity contribution in [3.63, 3.8) is 0 Å². The molecule has 0 aliphatic rings. The van der Waals surface area contributed by atoms with Crippen LogP contribution in [0.1, 0.15) is 6.92 Å². The van der Waals surface area contributed by atoms with Crippen LogP contribution in [-0.2, 0) is 4.79 Å². The second-order valence-electron chi connectivity index (χ2n) is 2.17. The van der Waals surface area contributed by atoms with Gasteiger partial charge in [0.2, 0.25) is 0 Å². The molecule has 0 saturated heterocycles. The largest absolute Gasteiger partial charge is 0.480 e. The number of carbonyl (C=O) groups is 1. The number of aliphatic hydroxyl groups excluding tert-OH is 1. The van der Waals surface area contributed by atoms with E-state index in [1.807, 2.05) is 0 Å². The smallest absolute Gasteiger partial charge is 0.344 e. The second-order valence-corrected chi connectivity index (χ2v) is 3.31. The van der Waals surface area contributed by atoms with Crippen LogP contribution in [0.2, 0.25) is 0 Å². The van der Waals surface area contributed by atoms with Gasteiger partial charge in [0.25, 0.3) is 0 Å². The number of aliphatic carboxylic acids is 1. The number of hydrogen-bond acceptors (Lipinski definition) is 4. The molecule has 0 aromatic carbocycles. The van der Waals surface area contributed by atoms with Crippen LogP contribution in [0.4, 0.5) is 0 Å². The van der Waals surface area contributed by atoms with Crippen LogP contribution >= 0.6 is 7.74 Å². The fraction of sp³-hybridized carbons (Fsp3) is 0.750. The topological polar surface area (TPSA) is 168 Å². The average Bonchev–Trinajstić information content (AvgIpc) is 1.81. The molecule has 2 atom stereocenters. The van der Waals surface area contributed by atoms with Gasteiger partial charge in [-0.1, -0.05) is 0 Å². The molecule has 0 spiro atoms. The van der Waals surface area contributed by atoms with Gasteiger partial charge in [0, 0.05) is 0 Å². The first-order valence-corrected chi connectivity index (χ1v) is 4.69. The number of hydrogen-bond donors (Lipinski definition) is 7. The molecule has 13 heavy (non-hydrogen) atoms. The van der Waals surface area contributed by atoms with Crippen molar-refractivity contribution in [2.75, 3.05) is 0 Å². The van der Waals surface area contributed by atoms with E-state index in [0.717, 1.165) is 0 Å². The van der Waals surface area contributed by atoms with Crippen molar-refractivity contribution in [2.24, 2.45) is 5.73 Å². The van der Waals surface area contributed by atoms with E-state index in [0.29, 0.717) is 0 Å². The minimum atomic E-state index is -4.14. The zero-order chi connectivity index (χ0) is 11.2. The minimum absolute atomic E-state index is 0.979. The first-order chi connectivity index (χ1) is 5.55. The van der Waals surface area contributed by atoms with E-state index in [1.165, 1.54) is 6.92 Å². The molecule has 9 heteroatoms. The van der Waals surface area contributed by atoms with E-state index in [9.17, 15) is 4.79 Å². The molecule has 0 aliphatic carbocycles. The summed E-state index contributed by atoms with van der Waals surface area (Å²) < 4.78 is 0. The monoisotopic (exact) mass is 216 g/mol. The van der Waals surface area contributed by atoms with E-state index in [1.54, 1.807) is 0 Å². The lowest BCUT2D eigenvalue weighted by molar-refractivity contribution is -0.140. The Morgan fingerprint density at radius 3 is 1.69 bits per heavy atom. The third kappa shape index (κ3) is 18.5. The van der Waals surface area contributed by atoms with Crippen LogP contribution in [0, 0.1) is 5.16 Å². The Labute approximate surface area is 74.4 Å². The van der Waals surface area contributed by atoms with E-state index in [2.05, 4.69) is 0 Å². The third-order valence-electron chi connectivity index (χ3n) is 0.805. The third-order valence-corrected chi connectivity index (χ3v) is 0.805. The number of carboxylic acid groups (broad SMARTS) is 1. The minimum Gasteiger partial charge on any atom is -0.480 e. The maximum Gasteiger partial charge on any atom is 0.344 e. The van der Waals surface area contributed by atoms with Crippen LogP contribution in [0.3, 0.4) is 0 Å². The SMILES string of the molecule is CC(O)C(N)C(=O)O.N=P(O)(O)O. The predicted octanol–water partition coefficient (Wildman–Crippen LogP) is -1.73. The van der Waals surface area contributed by atoms with Gasteiger partial charge in [0.05, 0.1) is 6.10 Å². The summed E-state index contributed by atoms with van der Waals surface area (Å²) in [5.41, 5.74) is 4.91. The number of rotatable bonds is 2. The van der Waals surface area contributed by atoms with Crippen LogP contribution < -0.4 is 5.73 Å². The van der Waals surface area contributed by atoms with Crippen molar-refractivity contribution in [3.05, 3.63) is 0 Å². The fourth-order valence-corrected chi connectivity index (χ4v) is 0.206. The van der Waals surface area contributed by atoms with Crippen molar-refractivity contribution in [2.45, 2.75) is 19.1 Å². The lowest BCUT2D eigenvalue weighted by Crippen LogP contribution is -2.39. The van der Waals surface area contributed by atoms with E-state index in [4.69, 9.17) is 35.8 Å². The highest BCUT2D eigenvalue weighted by Crippen LogP contribution is 2.27. The summed E-state index contributed by atoms with van der Waals surface area (Å²) in [6, 6.07) is -1.16. The zero-order valence-electron chi connectivity index (χ0n) is 6.82. The van der Waals surface area contributed by atoms with Crippen molar-refractivity contribution in [3.8, 4) is 0 Å². The molecule has 0 bridgehead atoms. The molecule has 0 amide bonds. The van der Waals surface area contributed by atoms with Gasteiger partial charge in [-0.25, -0.2) is 5.16 Å². The van der Waals surface area contributed by atoms with Gasteiger partial charge >= 0.3 is 13.7 Å². The summed E-state index contributed by atoms with van der Waals surface area (Å²) in [4.78, 5) is 32.1. The molecule has 0 aliphatic heterocycles. The molecule has 8 N–H and O–H groups in total. The number of carboxylic acids is 1. The molecule has 0 aromatic heterocycles. The van der Waals surface area contributed by atoms with Crippen LogP contribution in [0.25, 0.3) is 0 Å². The number of aliphatic hydroxyl groups is 1. The first kappa shape index (κ1) is 15.0. The van der Waals surface area contributed by atoms with Crippen LogP contribution in [0.5, 0.6) is 0 Å². The second kappa shape index (κ2) is 6.03. The standard InChI is InChI=1S/C4H9NO3.H4NO3P/c1-2(6)3(5)4(7)8;1-5(2,3)4/h2-3,6H,5H2,1H3,(H,7,8);(H4,1,2,3,4). The lowest BCUT2D eigenvalue weighted by atomic mass is 10.2. The van der Waals surface area contributed by atoms with Crippen molar-refractivity contribution in [1.29, 1.82) is 5.16 Å². The van der Waals surface area contributed by atoms with Crippen LogP contribution in [0.15, 0.2) is 0 Å². The Bertz CT molecular complexity index is 193. The van der Waals surface area contributed by atoms with Gasteiger partial charge < -0.3 is 30.6 Å². The average molecular weight is 216 g/mol. The Balaban J connectivity index is 0. The Morgan fingerprint density at radius 1 is 1.46 bits per heavy atom. The van der Waals surface area contributed by atoms with Crippen molar-refractivity contribution < 1.29 is 29.7 Å². The van der Waals surface area contributed by atoms with Gasteiger partial charge in [-0.15, -0.1) is 0 Å². The summed E-state index contributed by atoms with van der Waals surface area (Å²) in [5.74, 6) is -1.18. The molecule has 80 valence electrons. The maximum absolute atomic E-state index is 9.86. The van der Waals surface area contributed by atoms with Gasteiger partial charge in [-0.05, 0) is 6.92 Å². The van der Waals surface area contributed by atoms with Crippen molar-refractivity contribution >= 4 is 13.7 Å². The Morgan fingerprint density at radius 2 is 1.69 bits per heavy atom. The summed E-state index contributed by atoms with van der Waals surface area (Å²) >= 11 is 0. The molecule has 0 aromatic rings. The molecule has 2 unspecified atom stereocenters. The molecule has 0 radical (unpaired) electrons. The molecule has 0 heterocycles. The predicted molar refractivity (Wildman–Crippen MR) is 43.6 cm³/mol. The summed E-state index contributed by atoms with van der Waals surface area (Å²) in [6.45, 7) is 1.33. The fourth-order valence-electron chi connectivity index (χ4n) is 0.206. The van der Waals surface area contributed by atoms with E-state index in [-0.39, 0.29) is 0 Å². The van der Waals surface area contributed by atoms with Crippen molar-refractivity contribution in [1.82, 2.24) is 0 Å². The molecule has 8 nitrogen and oxygen atoms in total. The highest BCUT2D eigenvalue weighted by atomic mass is 31.2. The first-order valence-electron chi connectivity index (χ1n) is 3.04. The normalized spacial score (nSPS) is 15.2. The van der Waals surface area contributed by atoms with E-state index < -0.39 is 25.9 Å². The number of nitrogens with one attached hydrogen (secondary N) is 1. The maximum atomic E-state index is 9.86. The van der Waals surface area contributed by atoms with Gasteiger partial charge in [-0.3, -0.25) is 4.79 Å². The summed E-state index contributed by atoms with van der Waals surface area (Å²) in [6.07, 6.45) is -0.979. The Kier molecular flexibility index (Phi) is 6.96. The quantitative estimate of drug-likeness (QED) is 0.269. The van der Waals surface area contributed by atoms with Crippen LogP contribution in [-0.4, -0.2) is 43.0 Å². The molecular formula is C4H13N2O6P. The number of nitrogens with two attached hydrogens (primary N) is 1.